The third-order valence-electron chi connectivity index (χ3n) is 2.20. The minimum absolute atomic E-state index is 0.0532. The standard InChI is InChI=1S/C10H13NO5/c1-7(11-6-2-3-8(11)12)16-10(15)5-4-9(13)14/h4-5,7H,2-3,6H2,1H3,(H,13,14). The quantitative estimate of drug-likeness (QED) is 0.545. The molecule has 0 saturated carbocycles. The van der Waals surface area contributed by atoms with Crippen LogP contribution in [0.4, 0.5) is 0 Å². The Balaban J connectivity index is 2.44. The summed E-state index contributed by atoms with van der Waals surface area (Å²) in [5, 5.41) is 8.29. The molecule has 6 nitrogen and oxygen atoms in total. The minimum atomic E-state index is -1.22. The molecule has 1 aliphatic heterocycles. The largest absolute Gasteiger partial charge is 0.478 e. The van der Waals surface area contributed by atoms with E-state index in [1.165, 1.54) is 4.90 Å². The molecule has 0 bridgehead atoms. The van der Waals surface area contributed by atoms with Crippen LogP contribution in [0.15, 0.2) is 12.2 Å². The van der Waals surface area contributed by atoms with Crippen molar-refractivity contribution in [2.24, 2.45) is 0 Å². The van der Waals surface area contributed by atoms with Gasteiger partial charge in [-0.3, -0.25) is 4.79 Å². The molecule has 1 unspecified atom stereocenters. The number of carbonyl (C=O) groups is 3. The van der Waals surface area contributed by atoms with Crippen molar-refractivity contribution in [2.45, 2.75) is 26.0 Å². The smallest absolute Gasteiger partial charge is 0.332 e. The number of rotatable bonds is 4. The monoisotopic (exact) mass is 227 g/mol. The lowest BCUT2D eigenvalue weighted by Gasteiger charge is -2.23. The predicted octanol–water partition coefficient (Wildman–Crippen LogP) is 0.139. The number of aliphatic carboxylic acids is 1. The van der Waals surface area contributed by atoms with Gasteiger partial charge in [0.1, 0.15) is 0 Å². The summed E-state index contributed by atoms with van der Waals surface area (Å²) in [6, 6.07) is 0. The fraction of sp³-hybridized carbons (Fsp3) is 0.500. The van der Waals surface area contributed by atoms with Crippen molar-refractivity contribution in [3.05, 3.63) is 12.2 Å². The first kappa shape index (κ1) is 12.2. The lowest BCUT2D eigenvalue weighted by molar-refractivity contribution is -0.156. The van der Waals surface area contributed by atoms with Crippen LogP contribution in [0.3, 0.4) is 0 Å². The Bertz CT molecular complexity index is 336. The molecule has 1 saturated heterocycles. The van der Waals surface area contributed by atoms with E-state index in [1.54, 1.807) is 6.92 Å². The van der Waals surface area contributed by atoms with Crippen molar-refractivity contribution >= 4 is 17.8 Å². The number of carbonyl (C=O) groups excluding carboxylic acids is 2. The number of hydrogen-bond acceptors (Lipinski definition) is 4. The second-order valence-electron chi connectivity index (χ2n) is 3.40. The predicted molar refractivity (Wildman–Crippen MR) is 53.3 cm³/mol. The molecule has 0 aromatic carbocycles. The van der Waals surface area contributed by atoms with Crippen LogP contribution in [0, 0.1) is 0 Å². The zero-order valence-electron chi connectivity index (χ0n) is 8.88. The van der Waals surface area contributed by atoms with Gasteiger partial charge < -0.3 is 14.7 Å². The van der Waals surface area contributed by atoms with Gasteiger partial charge in [-0.1, -0.05) is 0 Å². The van der Waals surface area contributed by atoms with Gasteiger partial charge in [0.05, 0.1) is 0 Å². The van der Waals surface area contributed by atoms with Crippen LogP contribution >= 0.6 is 0 Å². The van der Waals surface area contributed by atoms with Gasteiger partial charge in [-0.25, -0.2) is 9.59 Å². The van der Waals surface area contributed by atoms with Crippen LogP contribution in [0.25, 0.3) is 0 Å². The van der Waals surface area contributed by atoms with E-state index in [9.17, 15) is 14.4 Å². The lowest BCUT2D eigenvalue weighted by atomic mass is 10.4. The fourth-order valence-electron chi connectivity index (χ4n) is 1.46. The van der Waals surface area contributed by atoms with Gasteiger partial charge >= 0.3 is 11.9 Å². The highest BCUT2D eigenvalue weighted by atomic mass is 16.6. The Morgan fingerprint density at radius 2 is 2.19 bits per heavy atom. The van der Waals surface area contributed by atoms with E-state index < -0.39 is 18.2 Å². The molecule has 0 aromatic rings. The van der Waals surface area contributed by atoms with Gasteiger partial charge in [0.15, 0.2) is 6.23 Å². The van der Waals surface area contributed by atoms with E-state index in [0.717, 1.165) is 12.5 Å². The minimum Gasteiger partial charge on any atom is -0.478 e. The van der Waals surface area contributed by atoms with E-state index in [-0.39, 0.29) is 5.91 Å². The zero-order valence-corrected chi connectivity index (χ0v) is 8.88. The second-order valence-corrected chi connectivity index (χ2v) is 3.40. The zero-order chi connectivity index (χ0) is 12.1. The van der Waals surface area contributed by atoms with Gasteiger partial charge in [-0.05, 0) is 13.3 Å². The molecule has 6 heteroatoms. The molecule has 1 aliphatic rings. The van der Waals surface area contributed by atoms with Gasteiger partial charge in [0.25, 0.3) is 0 Å². The summed E-state index contributed by atoms with van der Waals surface area (Å²) in [6.45, 7) is 2.14. The highest BCUT2D eigenvalue weighted by Crippen LogP contribution is 2.14. The average molecular weight is 227 g/mol. The summed E-state index contributed by atoms with van der Waals surface area (Å²) in [4.78, 5) is 34.0. The highest BCUT2D eigenvalue weighted by Gasteiger charge is 2.26. The van der Waals surface area contributed by atoms with E-state index in [2.05, 4.69) is 0 Å². The maximum Gasteiger partial charge on any atom is 0.332 e. The Labute approximate surface area is 92.5 Å². The van der Waals surface area contributed by atoms with Crippen LogP contribution in [-0.4, -0.2) is 40.6 Å². The number of ether oxygens (including phenoxy) is 1. The van der Waals surface area contributed by atoms with Crippen molar-refractivity contribution in [1.82, 2.24) is 4.90 Å². The van der Waals surface area contributed by atoms with Crippen molar-refractivity contribution in [3.63, 3.8) is 0 Å². The average Bonchev–Trinajstić information content (AvgIpc) is 2.61. The van der Waals surface area contributed by atoms with Gasteiger partial charge in [0, 0.05) is 25.1 Å². The molecule has 0 spiro atoms. The molecule has 1 rings (SSSR count). The molecule has 0 aliphatic carbocycles. The summed E-state index contributed by atoms with van der Waals surface area (Å²) in [7, 11) is 0. The SMILES string of the molecule is CC(OC(=O)C=CC(=O)O)N1CCCC1=O. The van der Waals surface area contributed by atoms with E-state index in [4.69, 9.17) is 9.84 Å². The van der Waals surface area contributed by atoms with Crippen LogP contribution in [0.5, 0.6) is 0 Å². The highest BCUT2D eigenvalue weighted by molar-refractivity contribution is 5.90. The van der Waals surface area contributed by atoms with Crippen molar-refractivity contribution < 1.29 is 24.2 Å². The summed E-state index contributed by atoms with van der Waals surface area (Å²) >= 11 is 0. The third-order valence-corrected chi connectivity index (χ3v) is 2.20. The van der Waals surface area contributed by atoms with Gasteiger partial charge in [-0.15, -0.1) is 0 Å². The normalized spacial score (nSPS) is 17.8. The van der Waals surface area contributed by atoms with E-state index in [1.807, 2.05) is 0 Å². The van der Waals surface area contributed by atoms with Crippen LogP contribution in [-0.2, 0) is 19.1 Å². The molecule has 0 radical (unpaired) electrons. The Hall–Kier alpha value is -1.85. The first-order valence-electron chi connectivity index (χ1n) is 4.92. The van der Waals surface area contributed by atoms with Crippen LogP contribution in [0.2, 0.25) is 0 Å². The Morgan fingerprint density at radius 1 is 1.50 bits per heavy atom. The van der Waals surface area contributed by atoms with Gasteiger partial charge in [-0.2, -0.15) is 0 Å². The van der Waals surface area contributed by atoms with E-state index in [0.29, 0.717) is 19.0 Å². The van der Waals surface area contributed by atoms with Crippen molar-refractivity contribution in [3.8, 4) is 0 Å². The summed E-state index contributed by atoms with van der Waals surface area (Å²) in [5.41, 5.74) is 0. The maximum atomic E-state index is 11.3. The number of likely N-dealkylation sites (tertiary alicyclic amines) is 1. The molecule has 1 atom stereocenters. The first-order valence-corrected chi connectivity index (χ1v) is 4.92. The molecular weight excluding hydrogens is 214 g/mol. The van der Waals surface area contributed by atoms with Crippen LogP contribution in [0.1, 0.15) is 19.8 Å². The van der Waals surface area contributed by atoms with Gasteiger partial charge in [0.2, 0.25) is 5.91 Å². The van der Waals surface area contributed by atoms with Crippen molar-refractivity contribution in [2.75, 3.05) is 6.54 Å². The number of hydrogen-bond donors (Lipinski definition) is 1. The molecule has 1 heterocycles. The lowest BCUT2D eigenvalue weighted by Crippen LogP contribution is -2.37. The number of carboxylic acids is 1. The number of amides is 1. The molecule has 0 aromatic heterocycles. The molecule has 1 amide bonds. The first-order chi connectivity index (χ1) is 7.50. The molecule has 88 valence electrons. The summed E-state index contributed by atoms with van der Waals surface area (Å²) in [6.07, 6.45) is 2.08. The third kappa shape index (κ3) is 3.38. The fourth-order valence-corrected chi connectivity index (χ4v) is 1.46. The molecule has 1 fully saturated rings. The summed E-state index contributed by atoms with van der Waals surface area (Å²) in [5.74, 6) is -2.04. The number of carboxylic acid groups (broad SMARTS) is 1. The topological polar surface area (TPSA) is 83.9 Å². The maximum absolute atomic E-state index is 11.3. The van der Waals surface area contributed by atoms with Crippen molar-refractivity contribution in [1.29, 1.82) is 0 Å². The molecule has 1 N–H and O–H groups in total. The second kappa shape index (κ2) is 5.29. The Kier molecular flexibility index (Phi) is 4.04. The van der Waals surface area contributed by atoms with Crippen LogP contribution < -0.4 is 0 Å². The molecule has 16 heavy (non-hydrogen) atoms. The number of nitrogens with zero attached hydrogens (tertiary/aromatic N) is 1. The Morgan fingerprint density at radius 3 is 2.69 bits per heavy atom. The molecular formula is C10H13NO5. The summed E-state index contributed by atoms with van der Waals surface area (Å²) < 4.78 is 4.87. The van der Waals surface area contributed by atoms with E-state index >= 15 is 0 Å². The number of esters is 1.